The van der Waals surface area contributed by atoms with Crippen LogP contribution in [0.25, 0.3) is 0 Å². The summed E-state index contributed by atoms with van der Waals surface area (Å²) < 4.78 is 0. The van der Waals surface area contributed by atoms with E-state index in [2.05, 4.69) is 44.9 Å². The lowest BCUT2D eigenvalue weighted by molar-refractivity contribution is 0.387. The van der Waals surface area contributed by atoms with Crippen LogP contribution in [0.5, 0.6) is 0 Å². The monoisotopic (exact) mass is 295 g/mol. The van der Waals surface area contributed by atoms with E-state index < -0.39 is 0 Å². The lowest BCUT2D eigenvalue weighted by Gasteiger charge is -2.38. The standard InChI is InChI=1S/C17H21N5/c1-13-4-2-5-16(20-13)22-11-7-14-6-10-21(12-15(14)22)17-18-8-3-9-19-17/h2-5,8-9,14-15H,6-7,10-12H2,1H3. The number of piperidine rings is 1. The molecule has 2 aromatic rings. The van der Waals surface area contributed by atoms with Gasteiger partial charge in [-0.2, -0.15) is 0 Å². The van der Waals surface area contributed by atoms with E-state index in [1.165, 1.54) is 12.8 Å². The summed E-state index contributed by atoms with van der Waals surface area (Å²) in [7, 11) is 0. The summed E-state index contributed by atoms with van der Waals surface area (Å²) in [4.78, 5) is 18.3. The highest BCUT2D eigenvalue weighted by atomic mass is 15.3. The average Bonchev–Trinajstić information content (AvgIpc) is 2.99. The van der Waals surface area contributed by atoms with Crippen LogP contribution < -0.4 is 9.80 Å². The zero-order valence-electron chi connectivity index (χ0n) is 12.9. The van der Waals surface area contributed by atoms with Crippen molar-refractivity contribution in [2.75, 3.05) is 29.4 Å². The predicted molar refractivity (Wildman–Crippen MR) is 87.1 cm³/mol. The van der Waals surface area contributed by atoms with Gasteiger partial charge in [0, 0.05) is 37.7 Å². The largest absolute Gasteiger partial charge is 0.352 e. The van der Waals surface area contributed by atoms with Gasteiger partial charge in [0.05, 0.1) is 6.04 Å². The summed E-state index contributed by atoms with van der Waals surface area (Å²) in [6, 6.07) is 8.68. The first-order chi connectivity index (χ1) is 10.8. The van der Waals surface area contributed by atoms with Gasteiger partial charge in [0.1, 0.15) is 5.82 Å². The number of pyridine rings is 1. The molecular weight excluding hydrogens is 274 g/mol. The molecule has 0 spiro atoms. The van der Waals surface area contributed by atoms with E-state index in [0.717, 1.165) is 43.0 Å². The molecule has 0 radical (unpaired) electrons. The molecule has 2 fully saturated rings. The number of nitrogens with zero attached hydrogens (tertiary/aromatic N) is 5. The van der Waals surface area contributed by atoms with Crippen molar-refractivity contribution in [3.05, 3.63) is 42.4 Å². The number of rotatable bonds is 2. The second kappa shape index (κ2) is 5.55. The van der Waals surface area contributed by atoms with Crippen molar-refractivity contribution in [1.29, 1.82) is 0 Å². The minimum Gasteiger partial charge on any atom is -0.352 e. The zero-order chi connectivity index (χ0) is 14.9. The minimum absolute atomic E-state index is 0.520. The van der Waals surface area contributed by atoms with E-state index in [1.807, 2.05) is 18.5 Å². The van der Waals surface area contributed by atoms with Crippen LogP contribution in [0.4, 0.5) is 11.8 Å². The van der Waals surface area contributed by atoms with Crippen molar-refractivity contribution >= 4 is 11.8 Å². The van der Waals surface area contributed by atoms with Crippen molar-refractivity contribution in [3.63, 3.8) is 0 Å². The molecule has 2 aromatic heterocycles. The lowest BCUT2D eigenvalue weighted by Crippen LogP contribution is -2.49. The first kappa shape index (κ1) is 13.5. The van der Waals surface area contributed by atoms with E-state index in [0.29, 0.717) is 6.04 Å². The van der Waals surface area contributed by atoms with Crippen LogP contribution in [-0.2, 0) is 0 Å². The Morgan fingerprint density at radius 1 is 1.05 bits per heavy atom. The first-order valence-electron chi connectivity index (χ1n) is 8.03. The highest BCUT2D eigenvalue weighted by Gasteiger charge is 2.39. The van der Waals surface area contributed by atoms with Gasteiger partial charge in [0.2, 0.25) is 5.95 Å². The van der Waals surface area contributed by atoms with Gasteiger partial charge in [0.25, 0.3) is 0 Å². The maximum atomic E-state index is 4.72. The fraction of sp³-hybridized carbons (Fsp3) is 0.471. The molecule has 2 atom stereocenters. The second-order valence-electron chi connectivity index (χ2n) is 6.23. The van der Waals surface area contributed by atoms with E-state index >= 15 is 0 Å². The Kier molecular flexibility index (Phi) is 3.41. The van der Waals surface area contributed by atoms with Crippen LogP contribution in [0.2, 0.25) is 0 Å². The van der Waals surface area contributed by atoms with Gasteiger partial charge in [-0.3, -0.25) is 0 Å². The number of hydrogen-bond donors (Lipinski definition) is 0. The summed E-state index contributed by atoms with van der Waals surface area (Å²) in [6.07, 6.45) is 6.13. The first-order valence-corrected chi connectivity index (χ1v) is 8.03. The van der Waals surface area contributed by atoms with Crippen molar-refractivity contribution in [2.24, 2.45) is 5.92 Å². The minimum atomic E-state index is 0.520. The molecule has 0 amide bonds. The number of aromatic nitrogens is 3. The predicted octanol–water partition coefficient (Wildman–Crippen LogP) is 2.29. The molecule has 2 aliphatic heterocycles. The van der Waals surface area contributed by atoms with Crippen LogP contribution in [0.15, 0.2) is 36.7 Å². The van der Waals surface area contributed by atoms with Crippen molar-refractivity contribution < 1.29 is 0 Å². The average molecular weight is 295 g/mol. The van der Waals surface area contributed by atoms with Gasteiger partial charge < -0.3 is 9.80 Å². The van der Waals surface area contributed by atoms with Crippen LogP contribution in [0.1, 0.15) is 18.5 Å². The van der Waals surface area contributed by atoms with Crippen molar-refractivity contribution in [3.8, 4) is 0 Å². The van der Waals surface area contributed by atoms with Gasteiger partial charge in [-0.1, -0.05) is 6.07 Å². The molecule has 0 aliphatic carbocycles. The lowest BCUT2D eigenvalue weighted by atomic mass is 9.92. The molecule has 22 heavy (non-hydrogen) atoms. The molecule has 0 saturated carbocycles. The molecule has 2 saturated heterocycles. The van der Waals surface area contributed by atoms with Gasteiger partial charge in [0.15, 0.2) is 0 Å². The summed E-state index contributed by atoms with van der Waals surface area (Å²) in [5.74, 6) is 2.73. The van der Waals surface area contributed by atoms with Gasteiger partial charge in [-0.15, -0.1) is 0 Å². The van der Waals surface area contributed by atoms with E-state index in [1.54, 1.807) is 0 Å². The fourth-order valence-corrected chi connectivity index (χ4v) is 3.75. The Morgan fingerprint density at radius 3 is 2.68 bits per heavy atom. The Morgan fingerprint density at radius 2 is 1.86 bits per heavy atom. The molecule has 2 aliphatic rings. The Balaban J connectivity index is 1.57. The second-order valence-corrected chi connectivity index (χ2v) is 6.23. The third kappa shape index (κ3) is 2.40. The highest BCUT2D eigenvalue weighted by Crippen LogP contribution is 2.35. The van der Waals surface area contributed by atoms with Crippen molar-refractivity contribution in [2.45, 2.75) is 25.8 Å². The quantitative estimate of drug-likeness (QED) is 0.850. The van der Waals surface area contributed by atoms with Crippen LogP contribution in [0, 0.1) is 12.8 Å². The molecule has 0 aromatic carbocycles. The molecule has 0 N–H and O–H groups in total. The van der Waals surface area contributed by atoms with E-state index in [4.69, 9.17) is 4.98 Å². The summed E-state index contributed by atoms with van der Waals surface area (Å²) in [6.45, 7) is 5.21. The van der Waals surface area contributed by atoms with Crippen LogP contribution in [-0.4, -0.2) is 40.6 Å². The maximum absolute atomic E-state index is 4.72. The van der Waals surface area contributed by atoms with Gasteiger partial charge in [-0.25, -0.2) is 15.0 Å². The third-order valence-corrected chi connectivity index (χ3v) is 4.87. The maximum Gasteiger partial charge on any atom is 0.225 e. The molecule has 4 heterocycles. The van der Waals surface area contributed by atoms with Crippen LogP contribution in [0.3, 0.4) is 0 Å². The number of hydrogen-bond acceptors (Lipinski definition) is 5. The number of aryl methyl sites for hydroxylation is 1. The molecule has 114 valence electrons. The molecule has 5 nitrogen and oxygen atoms in total. The Bertz CT molecular complexity index is 645. The topological polar surface area (TPSA) is 45.2 Å². The molecule has 0 bridgehead atoms. The third-order valence-electron chi connectivity index (χ3n) is 4.87. The molecule has 4 rings (SSSR count). The summed E-state index contributed by atoms with van der Waals surface area (Å²) >= 11 is 0. The summed E-state index contributed by atoms with van der Waals surface area (Å²) in [5, 5.41) is 0. The Labute approximate surface area is 131 Å². The van der Waals surface area contributed by atoms with Gasteiger partial charge in [-0.05, 0) is 43.9 Å². The Hall–Kier alpha value is -2.17. The van der Waals surface area contributed by atoms with E-state index in [9.17, 15) is 0 Å². The number of fused-ring (bicyclic) bond motifs is 1. The number of anilines is 2. The molecule has 5 heteroatoms. The SMILES string of the molecule is Cc1cccc(N2CCC3CCN(c4ncccn4)CC32)n1. The zero-order valence-corrected chi connectivity index (χ0v) is 12.9. The molecule has 2 unspecified atom stereocenters. The highest BCUT2D eigenvalue weighted by molar-refractivity contribution is 5.44. The smallest absolute Gasteiger partial charge is 0.225 e. The normalized spacial score (nSPS) is 24.4. The van der Waals surface area contributed by atoms with Gasteiger partial charge >= 0.3 is 0 Å². The van der Waals surface area contributed by atoms with Crippen molar-refractivity contribution in [1.82, 2.24) is 15.0 Å². The fourth-order valence-electron chi connectivity index (χ4n) is 3.75. The summed E-state index contributed by atoms with van der Waals surface area (Å²) in [5.41, 5.74) is 1.08. The van der Waals surface area contributed by atoms with E-state index in [-0.39, 0.29) is 0 Å². The molecular formula is C17H21N5. The van der Waals surface area contributed by atoms with Crippen LogP contribution >= 0.6 is 0 Å².